The van der Waals surface area contributed by atoms with Gasteiger partial charge in [-0.25, -0.2) is 4.99 Å². The number of carbonyl (C=O) groups excluding carboxylic acids is 2. The number of methoxy groups -OCH3 is 1. The zero-order chi connectivity index (χ0) is 21.7. The first-order valence-electron chi connectivity index (χ1n) is 9.60. The van der Waals surface area contributed by atoms with E-state index >= 15 is 0 Å². The van der Waals surface area contributed by atoms with Gasteiger partial charge in [-0.3, -0.25) is 14.5 Å². The van der Waals surface area contributed by atoms with Gasteiger partial charge in [-0.1, -0.05) is 36.0 Å². The molecule has 156 valence electrons. The zero-order valence-corrected chi connectivity index (χ0v) is 18.2. The third-order valence-corrected chi connectivity index (χ3v) is 6.02. The van der Waals surface area contributed by atoms with Crippen molar-refractivity contribution in [2.24, 2.45) is 4.99 Å². The fourth-order valence-corrected chi connectivity index (χ4v) is 4.22. The fourth-order valence-electron chi connectivity index (χ4n) is 3.06. The Hall–Kier alpha value is -3.06. The SMILES string of the molecule is C=CCN1C(=O)[C@H](CC(=O)Nc2cccc(OC)c2)SC1=Nc1cccc(C)c1C. The van der Waals surface area contributed by atoms with E-state index in [1.54, 1.807) is 42.4 Å². The third-order valence-electron chi connectivity index (χ3n) is 4.85. The average molecular weight is 424 g/mol. The third kappa shape index (κ3) is 4.91. The number of amidine groups is 1. The van der Waals surface area contributed by atoms with Gasteiger partial charge in [0, 0.05) is 24.7 Å². The number of hydrogen-bond donors (Lipinski definition) is 1. The van der Waals surface area contributed by atoms with Crippen LogP contribution in [0.2, 0.25) is 0 Å². The van der Waals surface area contributed by atoms with Crippen LogP contribution in [-0.2, 0) is 9.59 Å². The molecule has 1 fully saturated rings. The molecule has 0 bridgehead atoms. The van der Waals surface area contributed by atoms with Crippen LogP contribution < -0.4 is 10.1 Å². The molecule has 2 aromatic carbocycles. The highest BCUT2D eigenvalue weighted by molar-refractivity contribution is 8.15. The summed E-state index contributed by atoms with van der Waals surface area (Å²) < 4.78 is 5.18. The molecule has 3 rings (SSSR count). The van der Waals surface area contributed by atoms with E-state index in [2.05, 4.69) is 11.9 Å². The number of anilines is 1. The topological polar surface area (TPSA) is 71.0 Å². The standard InChI is InChI=1S/C23H25N3O3S/c1-5-12-26-22(28)20(14-21(27)24-17-9-7-10-18(13-17)29-4)30-23(26)25-19-11-6-8-15(2)16(19)3/h5-11,13,20H,1,12,14H2,2-4H3,(H,24,27)/t20-/m0/s1. The molecule has 2 aromatic rings. The van der Waals surface area contributed by atoms with Crippen molar-refractivity contribution in [1.82, 2.24) is 4.90 Å². The largest absolute Gasteiger partial charge is 0.497 e. The number of thioether (sulfide) groups is 1. The predicted molar refractivity (Wildman–Crippen MR) is 123 cm³/mol. The molecule has 1 atom stereocenters. The minimum absolute atomic E-state index is 0.0557. The first-order chi connectivity index (χ1) is 14.4. The summed E-state index contributed by atoms with van der Waals surface area (Å²) in [6.07, 6.45) is 1.72. The van der Waals surface area contributed by atoms with Gasteiger partial charge < -0.3 is 10.1 Å². The molecule has 1 saturated heterocycles. The quantitative estimate of drug-likeness (QED) is 0.668. The number of benzene rings is 2. The number of carbonyl (C=O) groups is 2. The molecule has 0 saturated carbocycles. The number of nitrogens with one attached hydrogen (secondary N) is 1. The second kappa shape index (κ2) is 9.63. The van der Waals surface area contributed by atoms with Gasteiger partial charge >= 0.3 is 0 Å². The summed E-state index contributed by atoms with van der Waals surface area (Å²) in [5, 5.41) is 2.89. The van der Waals surface area contributed by atoms with Crippen molar-refractivity contribution in [3.05, 3.63) is 66.2 Å². The van der Waals surface area contributed by atoms with Gasteiger partial charge in [0.1, 0.15) is 11.0 Å². The Morgan fingerprint density at radius 3 is 2.80 bits per heavy atom. The van der Waals surface area contributed by atoms with E-state index in [4.69, 9.17) is 9.73 Å². The van der Waals surface area contributed by atoms with E-state index < -0.39 is 5.25 Å². The molecule has 1 heterocycles. The van der Waals surface area contributed by atoms with Gasteiger partial charge in [0.05, 0.1) is 12.8 Å². The van der Waals surface area contributed by atoms with Crippen molar-refractivity contribution in [2.75, 3.05) is 19.0 Å². The highest BCUT2D eigenvalue weighted by Crippen LogP contribution is 2.33. The van der Waals surface area contributed by atoms with E-state index in [-0.39, 0.29) is 18.2 Å². The summed E-state index contributed by atoms with van der Waals surface area (Å²) in [5.74, 6) is 0.282. The van der Waals surface area contributed by atoms with Gasteiger partial charge in [0.25, 0.3) is 0 Å². The van der Waals surface area contributed by atoms with Gasteiger partial charge in [0.15, 0.2) is 5.17 Å². The Balaban J connectivity index is 1.76. The highest BCUT2D eigenvalue weighted by atomic mass is 32.2. The number of aliphatic imine (C=N–C) groups is 1. The summed E-state index contributed by atoms with van der Waals surface area (Å²) >= 11 is 1.32. The lowest BCUT2D eigenvalue weighted by atomic mass is 10.1. The monoisotopic (exact) mass is 423 g/mol. The van der Waals surface area contributed by atoms with Crippen LogP contribution in [-0.4, -0.2) is 40.8 Å². The molecule has 30 heavy (non-hydrogen) atoms. The van der Waals surface area contributed by atoms with E-state index in [0.717, 1.165) is 16.8 Å². The molecule has 6 nitrogen and oxygen atoms in total. The summed E-state index contributed by atoms with van der Waals surface area (Å²) in [4.78, 5) is 31.8. The van der Waals surface area contributed by atoms with E-state index in [9.17, 15) is 9.59 Å². The van der Waals surface area contributed by atoms with Crippen LogP contribution in [0.4, 0.5) is 11.4 Å². The highest BCUT2D eigenvalue weighted by Gasteiger charge is 2.38. The van der Waals surface area contributed by atoms with Crippen LogP contribution in [0.5, 0.6) is 5.75 Å². The van der Waals surface area contributed by atoms with Crippen LogP contribution in [0.1, 0.15) is 17.5 Å². The second-order valence-corrected chi connectivity index (χ2v) is 8.11. The summed E-state index contributed by atoms with van der Waals surface area (Å²) in [6, 6.07) is 13.0. The maximum atomic E-state index is 12.9. The van der Waals surface area contributed by atoms with Crippen LogP contribution >= 0.6 is 11.8 Å². The Kier molecular flexibility index (Phi) is 6.95. The molecule has 0 unspecified atom stereocenters. The molecule has 2 amide bonds. The lowest BCUT2D eigenvalue weighted by Gasteiger charge is -2.14. The number of aryl methyl sites for hydroxylation is 1. The molecular formula is C23H25N3O3S. The predicted octanol–water partition coefficient (Wildman–Crippen LogP) is 4.46. The van der Waals surface area contributed by atoms with Crippen LogP contribution in [0, 0.1) is 13.8 Å². The molecule has 1 aliphatic rings. The molecule has 0 aliphatic carbocycles. The summed E-state index contributed by atoms with van der Waals surface area (Å²) in [5.41, 5.74) is 3.65. The van der Waals surface area contributed by atoms with Crippen molar-refractivity contribution in [3.63, 3.8) is 0 Å². The number of hydrogen-bond acceptors (Lipinski definition) is 5. The van der Waals surface area contributed by atoms with Crippen LogP contribution in [0.25, 0.3) is 0 Å². The molecule has 7 heteroatoms. The number of amides is 2. The van der Waals surface area contributed by atoms with Crippen molar-refractivity contribution in [2.45, 2.75) is 25.5 Å². The Morgan fingerprint density at radius 2 is 2.07 bits per heavy atom. The van der Waals surface area contributed by atoms with Gasteiger partial charge in [-0.05, 0) is 43.2 Å². The van der Waals surface area contributed by atoms with Crippen molar-refractivity contribution < 1.29 is 14.3 Å². The Labute approximate surface area is 181 Å². The van der Waals surface area contributed by atoms with Crippen molar-refractivity contribution >= 4 is 40.1 Å². The first kappa shape index (κ1) is 21.6. The van der Waals surface area contributed by atoms with Gasteiger partial charge in [-0.15, -0.1) is 6.58 Å². The van der Waals surface area contributed by atoms with E-state index in [1.807, 2.05) is 32.0 Å². The number of nitrogens with zero attached hydrogens (tertiary/aromatic N) is 2. The first-order valence-corrected chi connectivity index (χ1v) is 10.5. The van der Waals surface area contributed by atoms with E-state index in [1.165, 1.54) is 11.8 Å². The minimum Gasteiger partial charge on any atom is -0.497 e. The minimum atomic E-state index is -0.528. The number of ether oxygens (including phenoxy) is 1. The molecule has 1 N–H and O–H groups in total. The Bertz CT molecular complexity index is 1000. The molecule has 1 aliphatic heterocycles. The van der Waals surface area contributed by atoms with Crippen LogP contribution in [0.15, 0.2) is 60.1 Å². The van der Waals surface area contributed by atoms with Gasteiger partial charge in [-0.2, -0.15) is 0 Å². The maximum absolute atomic E-state index is 12.9. The summed E-state index contributed by atoms with van der Waals surface area (Å²) in [6.45, 7) is 8.13. The Morgan fingerprint density at radius 1 is 1.30 bits per heavy atom. The number of rotatable bonds is 7. The lowest BCUT2D eigenvalue weighted by molar-refractivity contribution is -0.127. The van der Waals surface area contributed by atoms with Crippen molar-refractivity contribution in [3.8, 4) is 5.75 Å². The van der Waals surface area contributed by atoms with Gasteiger partial charge in [0.2, 0.25) is 11.8 Å². The second-order valence-electron chi connectivity index (χ2n) is 6.94. The molecule has 0 spiro atoms. The normalized spacial score (nSPS) is 17.3. The smallest absolute Gasteiger partial charge is 0.242 e. The summed E-state index contributed by atoms with van der Waals surface area (Å²) in [7, 11) is 1.57. The lowest BCUT2D eigenvalue weighted by Crippen LogP contribution is -2.33. The molecule has 0 radical (unpaired) electrons. The van der Waals surface area contributed by atoms with Crippen molar-refractivity contribution in [1.29, 1.82) is 0 Å². The average Bonchev–Trinajstić information content (AvgIpc) is 3.00. The molecule has 0 aromatic heterocycles. The maximum Gasteiger partial charge on any atom is 0.242 e. The van der Waals surface area contributed by atoms with Crippen LogP contribution in [0.3, 0.4) is 0 Å². The van der Waals surface area contributed by atoms with E-state index in [0.29, 0.717) is 23.1 Å². The molecular weight excluding hydrogens is 398 g/mol. The zero-order valence-electron chi connectivity index (χ0n) is 17.3. The fraction of sp³-hybridized carbons (Fsp3) is 0.261.